The normalized spacial score (nSPS) is 43.2. The number of aliphatic imine (C=N–C) groups is 1. The van der Waals surface area contributed by atoms with Crippen molar-refractivity contribution in [3.05, 3.63) is 34.9 Å². The minimum absolute atomic E-state index is 0.0515. The van der Waals surface area contributed by atoms with Crippen molar-refractivity contribution in [1.82, 2.24) is 0 Å². The van der Waals surface area contributed by atoms with Gasteiger partial charge in [-0.1, -0.05) is 52.0 Å². The van der Waals surface area contributed by atoms with Crippen LogP contribution in [-0.4, -0.2) is 27.7 Å². The number of hydrogen-bond donors (Lipinski definition) is 2. The number of allylic oxidation sites excluding steroid dienone is 4. The Morgan fingerprint density at radius 2 is 2.09 bits per heavy atom. The van der Waals surface area contributed by atoms with Crippen molar-refractivity contribution in [2.24, 2.45) is 16.1 Å². The van der Waals surface area contributed by atoms with E-state index in [2.05, 4.69) is 40.7 Å². The Hall–Kier alpha value is -0.520. The topological polar surface area (TPSA) is 58.6 Å². The van der Waals surface area contributed by atoms with Crippen LogP contribution in [0.1, 0.15) is 38.5 Å². The van der Waals surface area contributed by atoms with Crippen molar-refractivity contribution in [3.8, 4) is 0 Å². The van der Waals surface area contributed by atoms with Crippen molar-refractivity contribution in [1.29, 1.82) is 0 Å². The summed E-state index contributed by atoms with van der Waals surface area (Å²) in [6, 6.07) is 0. The van der Waals surface area contributed by atoms with Gasteiger partial charge in [0, 0.05) is 15.7 Å². The summed E-state index contributed by atoms with van der Waals surface area (Å²) in [6.07, 6.45) is 11.7. The van der Waals surface area contributed by atoms with Gasteiger partial charge in [0.05, 0.1) is 11.6 Å². The summed E-state index contributed by atoms with van der Waals surface area (Å²) in [4.78, 5) is 4.94. The highest BCUT2D eigenvalue weighted by Crippen LogP contribution is 2.56. The number of hydrogen-bond acceptors (Lipinski definition) is 4. The summed E-state index contributed by atoms with van der Waals surface area (Å²) in [5.74, 6) is 0.930. The van der Waals surface area contributed by atoms with Crippen molar-refractivity contribution in [2.75, 3.05) is 5.75 Å². The molecular formula is C17H23BrN2OS. The van der Waals surface area contributed by atoms with Gasteiger partial charge in [-0.05, 0) is 44.6 Å². The number of nitrogens with zero attached hydrogens (tertiary/aromatic N) is 1. The molecule has 3 rings (SSSR count). The average Bonchev–Trinajstić information content (AvgIpc) is 2.89. The van der Waals surface area contributed by atoms with Gasteiger partial charge in [-0.3, -0.25) is 4.99 Å². The molecule has 1 heterocycles. The molecule has 1 unspecified atom stereocenters. The molecule has 1 aliphatic heterocycles. The summed E-state index contributed by atoms with van der Waals surface area (Å²) < 4.78 is 1.08. The smallest absolute Gasteiger partial charge is 0.154 e. The zero-order valence-electron chi connectivity index (χ0n) is 12.7. The summed E-state index contributed by atoms with van der Waals surface area (Å²) >= 11 is 5.28. The zero-order valence-corrected chi connectivity index (χ0v) is 15.1. The van der Waals surface area contributed by atoms with Gasteiger partial charge in [0.2, 0.25) is 0 Å². The van der Waals surface area contributed by atoms with E-state index in [0.29, 0.717) is 5.17 Å². The molecule has 1 fully saturated rings. The van der Waals surface area contributed by atoms with E-state index in [1.165, 1.54) is 0 Å². The van der Waals surface area contributed by atoms with E-state index in [4.69, 9.17) is 10.7 Å². The number of nitrogens with two attached hydrogens (primary N) is 1. The largest absolute Gasteiger partial charge is 0.393 e. The molecule has 3 aliphatic rings. The van der Waals surface area contributed by atoms with Gasteiger partial charge >= 0.3 is 0 Å². The molecule has 0 aromatic rings. The molecule has 3 N–H and O–H groups in total. The number of fused-ring (bicyclic) bond motifs is 1. The quantitative estimate of drug-likeness (QED) is 0.667. The third kappa shape index (κ3) is 2.95. The first kappa shape index (κ1) is 16.3. The van der Waals surface area contributed by atoms with Crippen LogP contribution < -0.4 is 5.73 Å². The molecule has 22 heavy (non-hydrogen) atoms. The highest BCUT2D eigenvalue weighted by Gasteiger charge is 2.54. The Kier molecular flexibility index (Phi) is 4.59. The molecule has 1 saturated carbocycles. The van der Waals surface area contributed by atoms with Gasteiger partial charge in [0.1, 0.15) is 0 Å². The maximum Gasteiger partial charge on any atom is 0.154 e. The maximum atomic E-state index is 9.97. The first-order chi connectivity index (χ1) is 10.4. The van der Waals surface area contributed by atoms with Gasteiger partial charge < -0.3 is 10.8 Å². The molecule has 0 bridgehead atoms. The fourth-order valence-corrected chi connectivity index (χ4v) is 5.46. The SMILES string of the molecule is C=C1/C=C\C(Br)=C/CC2(CSC(N)=N2)C2(CCC(O)CC2)C1. The number of rotatable bonds is 0. The van der Waals surface area contributed by atoms with Gasteiger partial charge in [-0.25, -0.2) is 0 Å². The lowest BCUT2D eigenvalue weighted by Gasteiger charge is -2.50. The van der Waals surface area contributed by atoms with Crippen LogP contribution in [0.4, 0.5) is 0 Å². The van der Waals surface area contributed by atoms with E-state index in [-0.39, 0.29) is 17.1 Å². The molecule has 0 amide bonds. The van der Waals surface area contributed by atoms with Gasteiger partial charge in [0.25, 0.3) is 0 Å². The second-order valence-corrected chi connectivity index (χ2v) is 8.65. The Balaban J connectivity index is 2.04. The lowest BCUT2D eigenvalue weighted by Crippen LogP contribution is -2.50. The van der Waals surface area contributed by atoms with Crippen LogP contribution in [0, 0.1) is 5.41 Å². The van der Waals surface area contributed by atoms with Gasteiger partial charge in [0.15, 0.2) is 5.17 Å². The molecule has 0 radical (unpaired) electrons. The van der Waals surface area contributed by atoms with Crippen molar-refractivity contribution in [2.45, 2.75) is 50.2 Å². The van der Waals surface area contributed by atoms with Crippen LogP contribution in [-0.2, 0) is 0 Å². The fourth-order valence-electron chi connectivity index (χ4n) is 4.05. The Morgan fingerprint density at radius 3 is 2.73 bits per heavy atom. The minimum Gasteiger partial charge on any atom is -0.393 e. The third-order valence-corrected chi connectivity index (χ3v) is 6.96. The highest BCUT2D eigenvalue weighted by atomic mass is 79.9. The van der Waals surface area contributed by atoms with Crippen LogP contribution >= 0.6 is 27.7 Å². The number of thioether (sulfide) groups is 1. The van der Waals surface area contributed by atoms with E-state index in [1.807, 2.05) is 0 Å². The Labute approximate surface area is 145 Å². The first-order valence-corrected chi connectivity index (χ1v) is 9.60. The molecule has 3 nitrogen and oxygen atoms in total. The minimum atomic E-state index is -0.171. The lowest BCUT2D eigenvalue weighted by atomic mass is 9.58. The fraction of sp³-hybridized carbons (Fsp3) is 0.588. The van der Waals surface area contributed by atoms with Crippen LogP contribution in [0.25, 0.3) is 0 Å². The summed E-state index contributed by atoms with van der Waals surface area (Å²) in [7, 11) is 0. The van der Waals surface area contributed by atoms with E-state index in [9.17, 15) is 5.11 Å². The monoisotopic (exact) mass is 382 g/mol. The summed E-state index contributed by atoms with van der Waals surface area (Å²) in [6.45, 7) is 4.25. The van der Waals surface area contributed by atoms with Crippen LogP contribution in [0.2, 0.25) is 0 Å². The molecule has 0 saturated heterocycles. The van der Waals surface area contributed by atoms with E-state index < -0.39 is 0 Å². The number of halogens is 1. The standard InChI is InChI=1S/C17H23BrN2OS/c1-12-2-3-13(18)4-9-17(11-22-15(19)20-17)16(10-12)7-5-14(21)6-8-16/h2-4,14,21H,1,5-11H2,(H2,19,20)/b3-2-,13-4+. The predicted molar refractivity (Wildman–Crippen MR) is 98.2 cm³/mol. The molecule has 1 atom stereocenters. The number of amidine groups is 1. The Bertz CT molecular complexity index is 561. The molecular weight excluding hydrogens is 360 g/mol. The van der Waals surface area contributed by atoms with E-state index >= 15 is 0 Å². The van der Waals surface area contributed by atoms with Crippen LogP contribution in [0.3, 0.4) is 0 Å². The zero-order chi connectivity index (χ0) is 15.8. The number of aliphatic hydroxyl groups is 1. The predicted octanol–water partition coefficient (Wildman–Crippen LogP) is 3.89. The third-order valence-electron chi connectivity index (χ3n) is 5.36. The first-order valence-electron chi connectivity index (χ1n) is 7.82. The van der Waals surface area contributed by atoms with Gasteiger partial charge in [-0.15, -0.1) is 0 Å². The van der Waals surface area contributed by atoms with Crippen molar-refractivity contribution < 1.29 is 5.11 Å². The molecule has 2 spiro atoms. The van der Waals surface area contributed by atoms with Crippen molar-refractivity contribution in [3.63, 3.8) is 0 Å². The van der Waals surface area contributed by atoms with Crippen molar-refractivity contribution >= 4 is 32.9 Å². The average molecular weight is 383 g/mol. The molecule has 2 aliphatic carbocycles. The molecule has 120 valence electrons. The van der Waals surface area contributed by atoms with E-state index in [1.54, 1.807) is 11.8 Å². The lowest BCUT2D eigenvalue weighted by molar-refractivity contribution is 0.0206. The van der Waals surface area contributed by atoms with Gasteiger partial charge in [-0.2, -0.15) is 0 Å². The van der Waals surface area contributed by atoms with Crippen LogP contribution in [0.15, 0.2) is 39.9 Å². The molecule has 0 aromatic heterocycles. The Morgan fingerprint density at radius 1 is 1.36 bits per heavy atom. The van der Waals surface area contributed by atoms with E-state index in [0.717, 1.165) is 54.3 Å². The summed E-state index contributed by atoms with van der Waals surface area (Å²) in [5, 5.41) is 10.7. The maximum absolute atomic E-state index is 9.97. The summed E-state index contributed by atoms with van der Waals surface area (Å²) in [5.41, 5.74) is 7.06. The second-order valence-electron chi connectivity index (χ2n) is 6.74. The molecule has 0 aromatic carbocycles. The number of aliphatic hydroxyl groups excluding tert-OH is 1. The van der Waals surface area contributed by atoms with Crippen LogP contribution in [0.5, 0.6) is 0 Å². The molecule has 5 heteroatoms. The highest BCUT2D eigenvalue weighted by molar-refractivity contribution is 9.11. The second kappa shape index (κ2) is 6.17.